The molecule has 26 heavy (non-hydrogen) atoms. The van der Waals surface area contributed by atoms with Gasteiger partial charge in [-0.2, -0.15) is 13.2 Å². The fraction of sp³-hybridized carbons (Fsp3) is 0.412. The number of halogens is 3. The zero-order valence-electron chi connectivity index (χ0n) is 14.4. The highest BCUT2D eigenvalue weighted by atomic mass is 32.1. The Morgan fingerprint density at radius 2 is 1.69 bits per heavy atom. The van der Waals surface area contributed by atoms with Crippen LogP contribution in [-0.4, -0.2) is 56.3 Å². The highest BCUT2D eigenvalue weighted by Crippen LogP contribution is 2.38. The average Bonchev–Trinajstić information content (AvgIpc) is 3.08. The average molecular weight is 388 g/mol. The number of carbonyl (C=O) groups excluding carboxylic acids is 1. The maximum Gasteiger partial charge on any atom is 0.435 e. The van der Waals surface area contributed by atoms with E-state index in [1.165, 1.54) is 19.1 Å². The van der Waals surface area contributed by atoms with Crippen molar-refractivity contribution in [2.75, 3.05) is 40.5 Å². The summed E-state index contributed by atoms with van der Waals surface area (Å²) >= 11 is 0.739. The van der Waals surface area contributed by atoms with Gasteiger partial charge in [-0.25, -0.2) is 4.98 Å². The number of ether oxygens (including phenoxy) is 2. The van der Waals surface area contributed by atoms with E-state index in [0.717, 1.165) is 11.3 Å². The van der Waals surface area contributed by atoms with E-state index in [4.69, 9.17) is 9.47 Å². The van der Waals surface area contributed by atoms with E-state index in [1.54, 1.807) is 30.3 Å². The van der Waals surface area contributed by atoms with Crippen molar-refractivity contribution in [3.8, 4) is 10.6 Å². The van der Waals surface area contributed by atoms with Crippen LogP contribution in [-0.2, 0) is 15.7 Å². The molecule has 142 valence electrons. The summed E-state index contributed by atoms with van der Waals surface area (Å²) in [5.74, 6) is -0.730. The highest BCUT2D eigenvalue weighted by molar-refractivity contribution is 7.17. The van der Waals surface area contributed by atoms with Gasteiger partial charge in [0.05, 0.1) is 13.2 Å². The molecule has 0 aliphatic rings. The van der Waals surface area contributed by atoms with Crippen molar-refractivity contribution in [1.82, 2.24) is 9.88 Å². The minimum absolute atomic E-state index is 0.153. The number of hydrogen-bond donors (Lipinski definition) is 0. The molecule has 1 aromatic heterocycles. The predicted molar refractivity (Wildman–Crippen MR) is 92.2 cm³/mol. The molecule has 0 spiro atoms. The van der Waals surface area contributed by atoms with E-state index in [9.17, 15) is 18.0 Å². The van der Waals surface area contributed by atoms with E-state index >= 15 is 0 Å². The number of amides is 1. The normalized spacial score (nSPS) is 11.6. The van der Waals surface area contributed by atoms with Gasteiger partial charge in [-0.15, -0.1) is 11.3 Å². The molecule has 0 atom stereocenters. The van der Waals surface area contributed by atoms with Crippen LogP contribution in [0.4, 0.5) is 13.2 Å². The number of methoxy groups -OCH3 is 2. The lowest BCUT2D eigenvalue weighted by Crippen LogP contribution is -2.37. The van der Waals surface area contributed by atoms with E-state index in [1.807, 2.05) is 0 Å². The molecule has 0 aliphatic heterocycles. The van der Waals surface area contributed by atoms with Crippen molar-refractivity contribution >= 4 is 17.2 Å². The lowest BCUT2D eigenvalue weighted by molar-refractivity contribution is -0.141. The molecule has 1 amide bonds. The van der Waals surface area contributed by atoms with Crippen LogP contribution in [0.15, 0.2) is 30.3 Å². The first-order chi connectivity index (χ1) is 12.4. The maximum atomic E-state index is 13.4. The molecular formula is C17H19F3N2O3S. The van der Waals surface area contributed by atoms with Crippen molar-refractivity contribution in [2.45, 2.75) is 6.18 Å². The third kappa shape index (κ3) is 5.03. The first-order valence-electron chi connectivity index (χ1n) is 7.79. The Kier molecular flexibility index (Phi) is 7.13. The zero-order valence-corrected chi connectivity index (χ0v) is 15.2. The van der Waals surface area contributed by atoms with Crippen LogP contribution in [0.25, 0.3) is 10.6 Å². The Morgan fingerprint density at radius 3 is 2.19 bits per heavy atom. The standard InChI is InChI=1S/C17H19F3N2O3S/c1-24-10-8-22(9-11-25-2)16(23)13-14(17(18,19)20)21-15(26-13)12-6-4-3-5-7-12/h3-7H,8-11H2,1-2H3. The third-order valence-corrected chi connectivity index (χ3v) is 4.62. The van der Waals surface area contributed by atoms with Gasteiger partial charge in [-0.1, -0.05) is 30.3 Å². The van der Waals surface area contributed by atoms with Gasteiger partial charge in [-0.05, 0) is 0 Å². The second kappa shape index (κ2) is 9.11. The summed E-state index contributed by atoms with van der Waals surface area (Å²) in [4.78, 5) is 17.3. The van der Waals surface area contributed by atoms with Crippen molar-refractivity contribution in [1.29, 1.82) is 0 Å². The molecule has 2 rings (SSSR count). The van der Waals surface area contributed by atoms with Gasteiger partial charge < -0.3 is 14.4 Å². The van der Waals surface area contributed by atoms with Crippen molar-refractivity contribution in [2.24, 2.45) is 0 Å². The van der Waals surface area contributed by atoms with Gasteiger partial charge >= 0.3 is 6.18 Å². The zero-order chi connectivity index (χ0) is 19.2. The monoisotopic (exact) mass is 388 g/mol. The summed E-state index contributed by atoms with van der Waals surface area (Å²) in [5, 5.41) is 0.153. The largest absolute Gasteiger partial charge is 0.435 e. The van der Waals surface area contributed by atoms with Crippen LogP contribution in [0.3, 0.4) is 0 Å². The second-order valence-electron chi connectivity index (χ2n) is 5.34. The molecule has 1 aromatic carbocycles. The Balaban J connectivity index is 2.41. The molecule has 1 heterocycles. The Labute approximate surface area is 153 Å². The number of nitrogens with zero attached hydrogens (tertiary/aromatic N) is 2. The minimum atomic E-state index is -4.72. The number of hydrogen-bond acceptors (Lipinski definition) is 5. The molecular weight excluding hydrogens is 369 g/mol. The lowest BCUT2D eigenvalue weighted by atomic mass is 10.2. The molecule has 0 fully saturated rings. The summed E-state index contributed by atoms with van der Waals surface area (Å²) in [6, 6.07) is 8.47. The van der Waals surface area contributed by atoms with Crippen molar-refractivity contribution < 1.29 is 27.4 Å². The molecule has 0 aliphatic carbocycles. The molecule has 0 saturated heterocycles. The third-order valence-electron chi connectivity index (χ3n) is 3.53. The van der Waals surface area contributed by atoms with Gasteiger partial charge in [0.1, 0.15) is 9.88 Å². The Morgan fingerprint density at radius 1 is 1.12 bits per heavy atom. The van der Waals surface area contributed by atoms with Crippen LogP contribution in [0.1, 0.15) is 15.4 Å². The summed E-state index contributed by atoms with van der Waals surface area (Å²) < 4.78 is 50.2. The summed E-state index contributed by atoms with van der Waals surface area (Å²) in [7, 11) is 2.92. The van der Waals surface area contributed by atoms with Gasteiger partial charge in [0.25, 0.3) is 5.91 Å². The summed E-state index contributed by atoms with van der Waals surface area (Å²) in [6.45, 7) is 0.741. The molecule has 0 saturated carbocycles. The number of aromatic nitrogens is 1. The van der Waals surface area contributed by atoms with Crippen LogP contribution in [0, 0.1) is 0 Å². The molecule has 0 N–H and O–H groups in total. The van der Waals surface area contributed by atoms with Crippen LogP contribution < -0.4 is 0 Å². The fourth-order valence-corrected chi connectivity index (χ4v) is 3.28. The number of benzene rings is 1. The van der Waals surface area contributed by atoms with Crippen LogP contribution in [0.2, 0.25) is 0 Å². The Hall–Kier alpha value is -1.97. The van der Waals surface area contributed by atoms with E-state index in [0.29, 0.717) is 5.56 Å². The smallest absolute Gasteiger partial charge is 0.383 e. The topological polar surface area (TPSA) is 51.7 Å². The first kappa shape index (κ1) is 20.3. The number of alkyl halides is 3. The van der Waals surface area contributed by atoms with Gasteiger partial charge in [0.15, 0.2) is 5.69 Å². The minimum Gasteiger partial charge on any atom is -0.383 e. The van der Waals surface area contributed by atoms with Crippen LogP contribution in [0.5, 0.6) is 0 Å². The summed E-state index contributed by atoms with van der Waals surface area (Å²) in [5.41, 5.74) is -0.631. The Bertz CT molecular complexity index is 712. The van der Waals surface area contributed by atoms with Crippen LogP contribution >= 0.6 is 11.3 Å². The molecule has 0 bridgehead atoms. The highest BCUT2D eigenvalue weighted by Gasteiger charge is 2.40. The number of thiazole rings is 1. The maximum absolute atomic E-state index is 13.4. The molecule has 5 nitrogen and oxygen atoms in total. The van der Waals surface area contributed by atoms with E-state index < -0.39 is 22.7 Å². The summed E-state index contributed by atoms with van der Waals surface area (Å²) in [6.07, 6.45) is -4.72. The van der Waals surface area contributed by atoms with Crippen molar-refractivity contribution in [3.05, 3.63) is 40.9 Å². The quantitative estimate of drug-likeness (QED) is 0.694. The second-order valence-corrected chi connectivity index (χ2v) is 6.34. The fourth-order valence-electron chi connectivity index (χ4n) is 2.22. The number of rotatable bonds is 8. The predicted octanol–water partition coefficient (Wildman–Crippen LogP) is 3.56. The van der Waals surface area contributed by atoms with E-state index in [-0.39, 0.29) is 31.3 Å². The van der Waals surface area contributed by atoms with E-state index in [2.05, 4.69) is 4.98 Å². The lowest BCUT2D eigenvalue weighted by Gasteiger charge is -2.22. The van der Waals surface area contributed by atoms with Gasteiger partial charge in [0, 0.05) is 32.9 Å². The first-order valence-corrected chi connectivity index (χ1v) is 8.60. The number of carbonyl (C=O) groups is 1. The van der Waals surface area contributed by atoms with Gasteiger partial charge in [0.2, 0.25) is 0 Å². The molecule has 2 aromatic rings. The SMILES string of the molecule is COCCN(CCOC)C(=O)c1sc(-c2ccccc2)nc1C(F)(F)F. The molecule has 0 unspecified atom stereocenters. The molecule has 0 radical (unpaired) electrons. The molecule has 9 heteroatoms. The van der Waals surface area contributed by atoms with Gasteiger partial charge in [-0.3, -0.25) is 4.79 Å². The van der Waals surface area contributed by atoms with Crippen molar-refractivity contribution in [3.63, 3.8) is 0 Å².